The monoisotopic (exact) mass is 468 g/mol. The van der Waals surface area contributed by atoms with Crippen LogP contribution in [0.3, 0.4) is 0 Å². The number of hydrogen-bond donors (Lipinski definition) is 1. The molecule has 0 bridgehead atoms. The number of aromatic nitrogens is 3. The molecular weight excluding hydrogens is 438 g/mol. The lowest BCUT2D eigenvalue weighted by Gasteiger charge is -2.45. The number of halogens is 2. The summed E-state index contributed by atoms with van der Waals surface area (Å²) in [6.07, 6.45) is 3.80. The number of rotatable bonds is 5. The number of nitrogens with zero attached hydrogens (tertiary/aromatic N) is 4. The summed E-state index contributed by atoms with van der Waals surface area (Å²) in [5, 5.41) is 15.9. The largest absolute Gasteiger partial charge is 0.444 e. The maximum atomic E-state index is 14.7. The van der Waals surface area contributed by atoms with Crippen molar-refractivity contribution in [3.05, 3.63) is 48.1 Å². The summed E-state index contributed by atoms with van der Waals surface area (Å²) in [7, 11) is 0. The highest BCUT2D eigenvalue weighted by Crippen LogP contribution is 2.50. The van der Waals surface area contributed by atoms with Crippen LogP contribution >= 0.6 is 11.8 Å². The summed E-state index contributed by atoms with van der Waals surface area (Å²) in [4.78, 5) is 16.9. The van der Waals surface area contributed by atoms with Gasteiger partial charge in [0.25, 0.3) is 0 Å². The van der Waals surface area contributed by atoms with Crippen LogP contribution in [-0.4, -0.2) is 54.8 Å². The molecule has 10 heteroatoms. The molecule has 1 amide bonds. The molecule has 0 radical (unpaired) electrons. The van der Waals surface area contributed by atoms with Gasteiger partial charge in [0.05, 0.1) is 0 Å². The van der Waals surface area contributed by atoms with Gasteiger partial charge in [-0.25, -0.2) is 23.2 Å². The van der Waals surface area contributed by atoms with E-state index in [1.807, 2.05) is 20.8 Å². The first-order valence-corrected chi connectivity index (χ1v) is 11.4. The first kappa shape index (κ1) is 24.4. The van der Waals surface area contributed by atoms with Gasteiger partial charge in [-0.2, -0.15) is 5.10 Å². The third-order valence-corrected chi connectivity index (χ3v) is 7.55. The van der Waals surface area contributed by atoms with E-state index in [1.165, 1.54) is 42.1 Å². The van der Waals surface area contributed by atoms with Crippen molar-refractivity contribution in [1.82, 2.24) is 19.7 Å². The normalized spacial score (nSPS) is 19.3. The highest BCUT2D eigenvalue weighted by molar-refractivity contribution is 8.00. The lowest BCUT2D eigenvalue weighted by Crippen LogP contribution is -2.50. The number of benzene rings is 1. The van der Waals surface area contributed by atoms with Crippen molar-refractivity contribution >= 4 is 17.9 Å². The molecule has 176 valence electrons. The number of ether oxygens (including phenoxy) is 1. The lowest BCUT2D eigenvalue weighted by molar-refractivity contribution is -0.0192. The zero-order valence-electron chi connectivity index (χ0n) is 19.0. The zero-order chi connectivity index (χ0) is 23.7. The number of piperidine rings is 1. The van der Waals surface area contributed by atoms with Crippen molar-refractivity contribution in [2.24, 2.45) is 0 Å². The van der Waals surface area contributed by atoms with E-state index in [0.29, 0.717) is 25.9 Å². The predicted molar refractivity (Wildman–Crippen MR) is 118 cm³/mol. The molecule has 2 heterocycles. The van der Waals surface area contributed by atoms with E-state index in [4.69, 9.17) is 4.74 Å². The second-order valence-electron chi connectivity index (χ2n) is 9.30. The Bertz CT molecular complexity index is 941. The molecule has 1 fully saturated rings. The van der Waals surface area contributed by atoms with Gasteiger partial charge in [0.15, 0.2) is 0 Å². The zero-order valence-corrected chi connectivity index (χ0v) is 19.8. The molecule has 7 nitrogen and oxygen atoms in total. The van der Waals surface area contributed by atoms with Gasteiger partial charge in [-0.15, -0.1) is 11.8 Å². The SMILES string of the molecule is CC(C)(C)OC(=O)N1CCC(S[C@@](C)(n2cncn2)[C@](C)(O)c2ccc(F)cc2F)CC1. The summed E-state index contributed by atoms with van der Waals surface area (Å²) in [5.41, 5.74) is -2.34. The van der Waals surface area contributed by atoms with Crippen LogP contribution in [-0.2, 0) is 15.2 Å². The molecular formula is C22H30F2N4O3S. The van der Waals surface area contributed by atoms with Crippen molar-refractivity contribution in [1.29, 1.82) is 0 Å². The Kier molecular flexibility index (Phi) is 6.86. The molecule has 32 heavy (non-hydrogen) atoms. The van der Waals surface area contributed by atoms with Crippen LogP contribution in [0.4, 0.5) is 13.6 Å². The van der Waals surface area contributed by atoms with E-state index >= 15 is 0 Å². The van der Waals surface area contributed by atoms with Crippen LogP contribution < -0.4 is 0 Å². The fourth-order valence-corrected chi connectivity index (χ4v) is 5.40. The fourth-order valence-electron chi connectivity index (χ4n) is 3.76. The summed E-state index contributed by atoms with van der Waals surface area (Å²) < 4.78 is 35.1. The number of thioether (sulfide) groups is 1. The van der Waals surface area contributed by atoms with Gasteiger partial charge in [0.1, 0.15) is 40.4 Å². The smallest absolute Gasteiger partial charge is 0.410 e. The average molecular weight is 469 g/mol. The Morgan fingerprint density at radius 1 is 1.19 bits per heavy atom. The molecule has 3 rings (SSSR count). The average Bonchev–Trinajstić information content (AvgIpc) is 3.22. The number of likely N-dealkylation sites (tertiary alicyclic amines) is 1. The molecule has 2 aromatic rings. The summed E-state index contributed by atoms with van der Waals surface area (Å²) in [6.45, 7) is 9.75. The molecule has 1 N–H and O–H groups in total. The third kappa shape index (κ3) is 5.06. The minimum Gasteiger partial charge on any atom is -0.444 e. The Balaban J connectivity index is 1.81. The van der Waals surface area contributed by atoms with Gasteiger partial charge in [-0.1, -0.05) is 6.07 Å². The quantitative estimate of drug-likeness (QED) is 0.706. The number of aliphatic hydroxyl groups is 1. The van der Waals surface area contributed by atoms with Crippen LogP contribution in [0.25, 0.3) is 0 Å². The molecule has 1 aromatic heterocycles. The van der Waals surface area contributed by atoms with Gasteiger partial charge in [0, 0.05) is 30.0 Å². The molecule has 1 saturated heterocycles. The summed E-state index contributed by atoms with van der Waals surface area (Å²) in [5.74, 6) is -1.55. The van der Waals surface area contributed by atoms with Crippen molar-refractivity contribution < 1.29 is 23.4 Å². The maximum absolute atomic E-state index is 14.7. The predicted octanol–water partition coefficient (Wildman–Crippen LogP) is 4.27. The molecule has 2 atom stereocenters. The van der Waals surface area contributed by atoms with E-state index in [9.17, 15) is 18.7 Å². The standard InChI is InChI=1S/C22H30F2N4O3S/c1-20(2,3)31-19(29)27-10-8-16(9-11-27)32-22(5,28-14-25-13-26-28)21(4,30)17-7-6-15(23)12-18(17)24/h6-7,12-14,16,30H,8-11H2,1-5H3/t21-,22-/m1/s1. The van der Waals surface area contributed by atoms with Crippen molar-refractivity contribution in [3.8, 4) is 0 Å². The lowest BCUT2D eigenvalue weighted by atomic mass is 9.88. The van der Waals surface area contributed by atoms with E-state index < -0.39 is 27.7 Å². The molecule has 1 aliphatic rings. The summed E-state index contributed by atoms with van der Waals surface area (Å²) >= 11 is 1.44. The highest BCUT2D eigenvalue weighted by atomic mass is 32.2. The molecule has 0 saturated carbocycles. The molecule has 0 spiro atoms. The van der Waals surface area contributed by atoms with E-state index in [-0.39, 0.29) is 16.9 Å². The molecule has 1 aliphatic heterocycles. The Morgan fingerprint density at radius 2 is 1.84 bits per heavy atom. The fraction of sp³-hybridized carbons (Fsp3) is 0.591. The number of carbonyl (C=O) groups excluding carboxylic acids is 1. The first-order valence-electron chi connectivity index (χ1n) is 10.5. The number of carbonyl (C=O) groups is 1. The van der Waals surface area contributed by atoms with Gasteiger partial charge in [-0.3, -0.25) is 0 Å². The van der Waals surface area contributed by atoms with E-state index in [1.54, 1.807) is 11.8 Å². The topological polar surface area (TPSA) is 80.5 Å². The minimum absolute atomic E-state index is 0.0319. The second-order valence-corrected chi connectivity index (χ2v) is 11.0. The Labute approximate surface area is 191 Å². The second kappa shape index (κ2) is 8.97. The number of amides is 1. The molecule has 0 unspecified atom stereocenters. The van der Waals surface area contributed by atoms with Gasteiger partial charge >= 0.3 is 6.09 Å². The van der Waals surface area contributed by atoms with Gasteiger partial charge in [0.2, 0.25) is 0 Å². The maximum Gasteiger partial charge on any atom is 0.410 e. The van der Waals surface area contributed by atoms with Crippen molar-refractivity contribution in [2.75, 3.05) is 13.1 Å². The number of hydrogen-bond acceptors (Lipinski definition) is 6. The first-order chi connectivity index (χ1) is 14.8. The Morgan fingerprint density at radius 3 is 2.38 bits per heavy atom. The molecule has 0 aliphatic carbocycles. The van der Waals surface area contributed by atoms with Gasteiger partial charge < -0.3 is 14.7 Å². The summed E-state index contributed by atoms with van der Waals surface area (Å²) in [6, 6.07) is 3.14. The van der Waals surface area contributed by atoms with E-state index in [0.717, 1.165) is 12.1 Å². The van der Waals surface area contributed by atoms with Crippen LogP contribution in [0.5, 0.6) is 0 Å². The Hall–Kier alpha value is -2.20. The van der Waals surface area contributed by atoms with Crippen LogP contribution in [0, 0.1) is 11.6 Å². The highest BCUT2D eigenvalue weighted by Gasteiger charge is 2.50. The van der Waals surface area contributed by atoms with Crippen LogP contribution in [0.15, 0.2) is 30.9 Å². The van der Waals surface area contributed by atoms with Crippen molar-refractivity contribution in [3.63, 3.8) is 0 Å². The van der Waals surface area contributed by atoms with Crippen LogP contribution in [0.1, 0.15) is 53.0 Å². The van der Waals surface area contributed by atoms with Crippen molar-refractivity contribution in [2.45, 2.75) is 68.8 Å². The van der Waals surface area contributed by atoms with Gasteiger partial charge in [-0.05, 0) is 53.5 Å². The minimum atomic E-state index is -1.74. The third-order valence-electron chi connectivity index (χ3n) is 5.70. The van der Waals surface area contributed by atoms with E-state index in [2.05, 4.69) is 10.1 Å². The molecule has 1 aromatic carbocycles. The van der Waals surface area contributed by atoms with Crippen LogP contribution in [0.2, 0.25) is 0 Å².